The third-order valence-electron chi connectivity index (χ3n) is 5.30. The van der Waals surface area contributed by atoms with E-state index in [2.05, 4.69) is 39.5 Å². The van der Waals surface area contributed by atoms with E-state index < -0.39 is 0 Å². The number of amides is 1. The lowest BCUT2D eigenvalue weighted by Gasteiger charge is -2.15. The summed E-state index contributed by atoms with van der Waals surface area (Å²) >= 11 is 0. The Labute approximate surface area is 202 Å². The molecule has 1 unspecified atom stereocenters. The van der Waals surface area contributed by atoms with Gasteiger partial charge >= 0.3 is 0 Å². The topological polar surface area (TPSA) is 139 Å². The molecular weight excluding hydrogens is 465 g/mol. The molecule has 0 bridgehead atoms. The SMILES string of the molecule is CCC(=O)NCc1nc2cccc(P)c2c(=O)n1-c1ccccc1O.Cc1ncnc2nc[nH]c12. The highest BCUT2D eigenvalue weighted by atomic mass is 31.0. The van der Waals surface area contributed by atoms with Gasteiger partial charge in [-0.3, -0.25) is 14.2 Å². The van der Waals surface area contributed by atoms with Crippen molar-refractivity contribution in [2.75, 3.05) is 0 Å². The van der Waals surface area contributed by atoms with Gasteiger partial charge in [-0.1, -0.05) is 31.2 Å². The Kier molecular flexibility index (Phi) is 7.12. The Morgan fingerprint density at radius 3 is 2.69 bits per heavy atom. The number of nitrogens with zero attached hydrogens (tertiary/aromatic N) is 5. The van der Waals surface area contributed by atoms with Gasteiger partial charge < -0.3 is 15.4 Å². The van der Waals surface area contributed by atoms with Gasteiger partial charge in [0, 0.05) is 6.42 Å². The number of para-hydroxylation sites is 2. The number of imidazole rings is 1. The van der Waals surface area contributed by atoms with E-state index in [0.29, 0.717) is 28.8 Å². The van der Waals surface area contributed by atoms with E-state index in [1.54, 1.807) is 37.5 Å². The van der Waals surface area contributed by atoms with Gasteiger partial charge in [-0.15, -0.1) is 9.24 Å². The summed E-state index contributed by atoms with van der Waals surface area (Å²) in [5.74, 6) is 0.185. The van der Waals surface area contributed by atoms with Gasteiger partial charge in [-0.05, 0) is 30.4 Å². The average molecular weight is 489 g/mol. The van der Waals surface area contributed by atoms with Crippen molar-refractivity contribution in [1.29, 1.82) is 0 Å². The molecule has 3 heterocycles. The molecule has 0 fully saturated rings. The first-order chi connectivity index (χ1) is 16.9. The lowest BCUT2D eigenvalue weighted by atomic mass is 10.2. The number of aromatic hydroxyl groups is 1. The summed E-state index contributed by atoms with van der Waals surface area (Å²) in [5, 5.41) is 14.1. The smallest absolute Gasteiger partial charge is 0.266 e. The Bertz CT molecular complexity index is 1580. The number of hydrogen-bond acceptors (Lipinski definition) is 7. The zero-order valence-corrected chi connectivity index (χ0v) is 20.3. The van der Waals surface area contributed by atoms with Crippen molar-refractivity contribution in [2.24, 2.45) is 0 Å². The van der Waals surface area contributed by atoms with Gasteiger partial charge in [0.1, 0.15) is 23.4 Å². The molecule has 5 aromatic rings. The summed E-state index contributed by atoms with van der Waals surface area (Å²) in [6.07, 6.45) is 3.47. The van der Waals surface area contributed by atoms with E-state index in [1.807, 2.05) is 19.1 Å². The number of rotatable bonds is 4. The number of carbonyl (C=O) groups is 1. The predicted octanol–water partition coefficient (Wildman–Crippen LogP) is 2.28. The van der Waals surface area contributed by atoms with Crippen molar-refractivity contribution in [3.05, 3.63) is 77.0 Å². The molecule has 0 radical (unpaired) electrons. The van der Waals surface area contributed by atoms with Crippen molar-refractivity contribution >= 4 is 42.5 Å². The number of benzene rings is 2. The van der Waals surface area contributed by atoms with Crippen LogP contribution in [0, 0.1) is 6.92 Å². The zero-order valence-electron chi connectivity index (χ0n) is 19.2. The maximum absolute atomic E-state index is 13.1. The standard InChI is InChI=1S/C18H18N3O3P.C6H6N4/c1-2-16(23)19-10-15-20-11-6-5-9-14(25)17(11)18(24)21(15)12-7-3-4-8-13(12)22;1-4-5-6(9-2-7-4)10-3-8-5/h3-9,22H,2,10,25H2,1H3,(H,19,23);2-3H,1H3,(H,7,8,9,10). The lowest BCUT2D eigenvalue weighted by Crippen LogP contribution is -2.31. The minimum Gasteiger partial charge on any atom is -0.506 e. The Balaban J connectivity index is 0.000000239. The van der Waals surface area contributed by atoms with Crippen LogP contribution < -0.4 is 16.2 Å². The molecular formula is C24H24N7O3P. The number of carbonyl (C=O) groups excluding carboxylic acids is 1. The van der Waals surface area contributed by atoms with Crippen LogP contribution in [0.1, 0.15) is 24.9 Å². The summed E-state index contributed by atoms with van der Waals surface area (Å²) < 4.78 is 1.35. The normalized spacial score (nSPS) is 10.7. The fourth-order valence-corrected chi connectivity index (χ4v) is 3.89. The molecule has 178 valence electrons. The molecule has 1 amide bonds. The molecule has 0 aliphatic carbocycles. The molecule has 3 N–H and O–H groups in total. The van der Waals surface area contributed by atoms with Gasteiger partial charge in [0.2, 0.25) is 5.91 Å². The molecule has 3 aromatic heterocycles. The van der Waals surface area contributed by atoms with Crippen LogP contribution in [-0.4, -0.2) is 40.5 Å². The van der Waals surface area contributed by atoms with E-state index in [1.165, 1.54) is 17.0 Å². The van der Waals surface area contributed by atoms with Gasteiger partial charge in [-0.2, -0.15) is 0 Å². The van der Waals surface area contributed by atoms with E-state index in [9.17, 15) is 14.7 Å². The first-order valence-electron chi connectivity index (χ1n) is 10.9. The lowest BCUT2D eigenvalue weighted by molar-refractivity contribution is -0.120. The van der Waals surface area contributed by atoms with Crippen molar-refractivity contribution in [3.8, 4) is 11.4 Å². The second-order valence-electron chi connectivity index (χ2n) is 7.59. The van der Waals surface area contributed by atoms with E-state index in [-0.39, 0.29) is 23.8 Å². The van der Waals surface area contributed by atoms with Crippen molar-refractivity contribution in [3.63, 3.8) is 0 Å². The molecule has 1 atom stereocenters. The molecule has 0 spiro atoms. The summed E-state index contributed by atoms with van der Waals surface area (Å²) in [7, 11) is 2.53. The molecule has 2 aromatic carbocycles. The number of fused-ring (bicyclic) bond motifs is 2. The third kappa shape index (κ3) is 5.02. The number of phenolic OH excluding ortho intramolecular Hbond substituents is 1. The Morgan fingerprint density at radius 2 is 1.94 bits per heavy atom. The summed E-state index contributed by atoms with van der Waals surface area (Å²) in [6.45, 7) is 3.76. The summed E-state index contributed by atoms with van der Waals surface area (Å²) in [4.78, 5) is 44.2. The second kappa shape index (κ2) is 10.4. The number of aromatic amines is 1. The first-order valence-corrected chi connectivity index (χ1v) is 11.4. The van der Waals surface area contributed by atoms with E-state index in [0.717, 1.165) is 22.2 Å². The van der Waals surface area contributed by atoms with Gasteiger partial charge in [0.25, 0.3) is 5.56 Å². The molecule has 0 saturated heterocycles. The second-order valence-corrected chi connectivity index (χ2v) is 8.21. The number of phenols is 1. The van der Waals surface area contributed by atoms with Crippen LogP contribution in [0.2, 0.25) is 0 Å². The number of hydrogen-bond donors (Lipinski definition) is 3. The minimum atomic E-state index is -0.294. The maximum Gasteiger partial charge on any atom is 0.266 e. The number of nitrogens with one attached hydrogen (secondary N) is 2. The first kappa shape index (κ1) is 24.0. The van der Waals surface area contributed by atoms with Gasteiger partial charge in [0.05, 0.1) is 35.2 Å². The molecule has 0 aliphatic heterocycles. The average Bonchev–Trinajstić information content (AvgIpc) is 3.34. The number of H-pyrrole nitrogens is 1. The predicted molar refractivity (Wildman–Crippen MR) is 137 cm³/mol. The Morgan fingerprint density at radius 1 is 1.14 bits per heavy atom. The van der Waals surface area contributed by atoms with Crippen molar-refractivity contribution < 1.29 is 9.90 Å². The third-order valence-corrected chi connectivity index (χ3v) is 5.78. The number of aryl methyl sites for hydroxylation is 1. The fraction of sp³-hybridized carbons (Fsp3) is 0.167. The minimum absolute atomic E-state index is 0.0324. The fourth-order valence-electron chi connectivity index (χ4n) is 3.51. The number of aromatic nitrogens is 6. The summed E-state index contributed by atoms with van der Waals surface area (Å²) in [6, 6.07) is 11.9. The van der Waals surface area contributed by atoms with Crippen LogP contribution in [-0.2, 0) is 11.3 Å². The van der Waals surface area contributed by atoms with E-state index in [4.69, 9.17) is 0 Å². The van der Waals surface area contributed by atoms with Gasteiger partial charge in [0.15, 0.2) is 5.65 Å². The zero-order chi connectivity index (χ0) is 24.9. The highest BCUT2D eigenvalue weighted by molar-refractivity contribution is 7.28. The maximum atomic E-state index is 13.1. The largest absolute Gasteiger partial charge is 0.506 e. The van der Waals surface area contributed by atoms with Crippen LogP contribution >= 0.6 is 9.24 Å². The molecule has 11 heteroatoms. The Hall–Kier alpha value is -4.17. The molecule has 10 nitrogen and oxygen atoms in total. The van der Waals surface area contributed by atoms with Crippen molar-refractivity contribution in [2.45, 2.75) is 26.8 Å². The highest BCUT2D eigenvalue weighted by Gasteiger charge is 2.16. The summed E-state index contributed by atoms with van der Waals surface area (Å²) in [5.41, 5.74) is 3.16. The van der Waals surface area contributed by atoms with Crippen LogP contribution in [0.4, 0.5) is 0 Å². The monoisotopic (exact) mass is 489 g/mol. The van der Waals surface area contributed by atoms with Crippen LogP contribution in [0.3, 0.4) is 0 Å². The van der Waals surface area contributed by atoms with Crippen LogP contribution in [0.25, 0.3) is 27.8 Å². The van der Waals surface area contributed by atoms with Crippen molar-refractivity contribution in [1.82, 2.24) is 34.8 Å². The highest BCUT2D eigenvalue weighted by Crippen LogP contribution is 2.21. The van der Waals surface area contributed by atoms with E-state index >= 15 is 0 Å². The molecule has 0 aliphatic rings. The quantitative estimate of drug-likeness (QED) is 0.329. The van der Waals surface area contributed by atoms with Crippen LogP contribution in [0.5, 0.6) is 5.75 Å². The molecule has 0 saturated carbocycles. The molecule has 35 heavy (non-hydrogen) atoms. The molecule has 5 rings (SSSR count). The van der Waals surface area contributed by atoms with Crippen LogP contribution in [0.15, 0.2) is 59.9 Å². The van der Waals surface area contributed by atoms with Gasteiger partial charge in [-0.25, -0.2) is 19.9 Å².